The fourth-order valence-corrected chi connectivity index (χ4v) is 3.63. The lowest BCUT2D eigenvalue weighted by molar-refractivity contribution is -0.394. The number of amides is 1. The number of nitro groups is 1. The van der Waals surface area contributed by atoms with Gasteiger partial charge in [-0.15, -0.1) is 0 Å². The molecule has 1 aliphatic heterocycles. The van der Waals surface area contributed by atoms with Crippen LogP contribution < -0.4 is 0 Å². The SMILES string of the molecule is O=C(c1ccn(Cn2cnc([N+](=O)[O-])n2)n1)N1CCN(Cc2ccc(Cl)c(Cl)c2)CC1. The maximum atomic E-state index is 12.8. The summed E-state index contributed by atoms with van der Waals surface area (Å²) in [4.78, 5) is 30.4. The monoisotopic (exact) mass is 464 g/mol. The smallest absolute Gasteiger partial charge is 0.390 e. The summed E-state index contributed by atoms with van der Waals surface area (Å²) in [7, 11) is 0. The Balaban J connectivity index is 1.31. The molecule has 0 saturated carbocycles. The Hall–Kier alpha value is -3.02. The van der Waals surface area contributed by atoms with Crippen LogP contribution in [0.1, 0.15) is 16.1 Å². The van der Waals surface area contributed by atoms with Crippen LogP contribution in [0.15, 0.2) is 36.8 Å². The van der Waals surface area contributed by atoms with Crippen LogP contribution in [0.3, 0.4) is 0 Å². The van der Waals surface area contributed by atoms with Gasteiger partial charge < -0.3 is 15.0 Å². The number of piperazine rings is 1. The van der Waals surface area contributed by atoms with Gasteiger partial charge in [0.1, 0.15) is 5.69 Å². The Labute approximate surface area is 186 Å². The molecule has 162 valence electrons. The second-order valence-corrected chi connectivity index (χ2v) is 7.85. The molecular formula is C18H18Cl2N8O3. The molecule has 0 bridgehead atoms. The number of hydrogen-bond acceptors (Lipinski definition) is 7. The van der Waals surface area contributed by atoms with Crippen LogP contribution in [-0.2, 0) is 13.2 Å². The zero-order valence-electron chi connectivity index (χ0n) is 16.3. The average Bonchev–Trinajstić information content (AvgIpc) is 3.41. The van der Waals surface area contributed by atoms with E-state index in [1.54, 1.807) is 23.2 Å². The van der Waals surface area contributed by atoms with Crippen molar-refractivity contribution in [3.05, 3.63) is 68.2 Å². The molecule has 0 atom stereocenters. The van der Waals surface area contributed by atoms with E-state index in [1.165, 1.54) is 15.7 Å². The molecule has 13 heteroatoms. The van der Waals surface area contributed by atoms with Gasteiger partial charge in [0, 0.05) is 44.0 Å². The van der Waals surface area contributed by atoms with E-state index < -0.39 is 10.9 Å². The summed E-state index contributed by atoms with van der Waals surface area (Å²) in [6.07, 6.45) is 2.87. The minimum Gasteiger partial charge on any atom is -0.390 e. The molecule has 1 aromatic carbocycles. The molecule has 0 radical (unpaired) electrons. The van der Waals surface area contributed by atoms with E-state index in [-0.39, 0.29) is 12.6 Å². The number of halogens is 2. The van der Waals surface area contributed by atoms with Crippen molar-refractivity contribution in [1.29, 1.82) is 0 Å². The van der Waals surface area contributed by atoms with Crippen molar-refractivity contribution in [2.45, 2.75) is 13.2 Å². The number of aromatic nitrogens is 5. The van der Waals surface area contributed by atoms with Crippen molar-refractivity contribution in [1.82, 2.24) is 34.3 Å². The summed E-state index contributed by atoms with van der Waals surface area (Å²) in [5.41, 5.74) is 1.38. The Bertz CT molecular complexity index is 1110. The fourth-order valence-electron chi connectivity index (χ4n) is 3.31. The first-order valence-electron chi connectivity index (χ1n) is 9.42. The molecule has 2 aromatic heterocycles. The Morgan fingerprint density at radius 3 is 2.52 bits per heavy atom. The van der Waals surface area contributed by atoms with Gasteiger partial charge in [0.25, 0.3) is 5.91 Å². The zero-order chi connectivity index (χ0) is 22.0. The molecule has 11 nitrogen and oxygen atoms in total. The lowest BCUT2D eigenvalue weighted by Gasteiger charge is -2.34. The maximum Gasteiger partial charge on any atom is 0.491 e. The summed E-state index contributed by atoms with van der Waals surface area (Å²) in [5, 5.41) is 19.7. The average molecular weight is 465 g/mol. The third-order valence-corrected chi connectivity index (χ3v) is 5.63. The third kappa shape index (κ3) is 5.01. The minimum atomic E-state index is -0.671. The van der Waals surface area contributed by atoms with Crippen molar-refractivity contribution >= 4 is 35.1 Å². The van der Waals surface area contributed by atoms with Crippen molar-refractivity contribution in [2.24, 2.45) is 0 Å². The van der Waals surface area contributed by atoms with E-state index in [9.17, 15) is 14.9 Å². The number of nitrogens with zero attached hydrogens (tertiary/aromatic N) is 8. The molecule has 0 unspecified atom stereocenters. The van der Waals surface area contributed by atoms with Crippen LogP contribution in [0, 0.1) is 10.1 Å². The molecule has 1 fully saturated rings. The van der Waals surface area contributed by atoms with E-state index in [1.807, 2.05) is 12.1 Å². The maximum absolute atomic E-state index is 12.8. The molecule has 0 aliphatic carbocycles. The summed E-state index contributed by atoms with van der Waals surface area (Å²) in [6.45, 7) is 3.48. The molecule has 4 rings (SSSR count). The molecule has 3 aromatic rings. The molecule has 0 spiro atoms. The topological polar surface area (TPSA) is 115 Å². The summed E-state index contributed by atoms with van der Waals surface area (Å²) >= 11 is 12.0. The predicted molar refractivity (Wildman–Crippen MR) is 112 cm³/mol. The van der Waals surface area contributed by atoms with Crippen LogP contribution in [0.25, 0.3) is 0 Å². The number of rotatable bonds is 6. The molecule has 1 aliphatic rings. The van der Waals surface area contributed by atoms with Gasteiger partial charge in [0.05, 0.1) is 10.0 Å². The van der Waals surface area contributed by atoms with Crippen molar-refractivity contribution in [3.63, 3.8) is 0 Å². The van der Waals surface area contributed by atoms with Gasteiger partial charge in [0.2, 0.25) is 6.33 Å². The van der Waals surface area contributed by atoms with Gasteiger partial charge in [-0.05, 0) is 28.7 Å². The minimum absolute atomic E-state index is 0.117. The molecule has 1 saturated heterocycles. The van der Waals surface area contributed by atoms with Gasteiger partial charge in [-0.3, -0.25) is 9.69 Å². The van der Waals surface area contributed by atoms with Gasteiger partial charge in [-0.2, -0.15) is 9.78 Å². The number of benzene rings is 1. The standard InChI is InChI=1S/C18H18Cl2N8O3/c19-14-2-1-13(9-15(14)20)10-24-5-7-25(8-6-24)17(29)16-3-4-26(22-16)12-27-11-21-18(23-27)28(30)31/h1-4,9,11H,5-8,10,12H2. The predicted octanol–water partition coefficient (Wildman–Crippen LogP) is 2.15. The van der Waals surface area contributed by atoms with Crippen LogP contribution in [0.5, 0.6) is 0 Å². The highest BCUT2D eigenvalue weighted by Crippen LogP contribution is 2.23. The first kappa shape index (κ1) is 21.2. The van der Waals surface area contributed by atoms with E-state index in [4.69, 9.17) is 23.2 Å². The van der Waals surface area contributed by atoms with E-state index >= 15 is 0 Å². The second kappa shape index (κ2) is 9.00. The van der Waals surface area contributed by atoms with Gasteiger partial charge >= 0.3 is 5.95 Å². The number of hydrogen-bond donors (Lipinski definition) is 0. The van der Waals surface area contributed by atoms with Crippen LogP contribution in [0.2, 0.25) is 10.0 Å². The Morgan fingerprint density at radius 2 is 1.84 bits per heavy atom. The highest BCUT2D eigenvalue weighted by molar-refractivity contribution is 6.42. The van der Waals surface area contributed by atoms with Gasteiger partial charge in [-0.25, -0.2) is 4.68 Å². The Morgan fingerprint density at radius 1 is 1.06 bits per heavy atom. The first-order chi connectivity index (χ1) is 14.9. The number of carbonyl (C=O) groups excluding carboxylic acids is 1. The second-order valence-electron chi connectivity index (χ2n) is 7.04. The molecule has 1 amide bonds. The Kier molecular flexibility index (Phi) is 6.16. The highest BCUT2D eigenvalue weighted by Gasteiger charge is 2.24. The van der Waals surface area contributed by atoms with Gasteiger partial charge in [-0.1, -0.05) is 34.3 Å². The third-order valence-electron chi connectivity index (χ3n) is 4.89. The normalized spacial score (nSPS) is 14.7. The summed E-state index contributed by atoms with van der Waals surface area (Å²) in [5.74, 6) is -0.639. The molecule has 0 N–H and O–H groups in total. The van der Waals surface area contributed by atoms with Crippen LogP contribution >= 0.6 is 23.2 Å². The van der Waals surface area contributed by atoms with E-state index in [0.29, 0.717) is 28.8 Å². The van der Waals surface area contributed by atoms with Crippen LogP contribution in [-0.4, -0.2) is 71.4 Å². The highest BCUT2D eigenvalue weighted by atomic mass is 35.5. The molecular weight excluding hydrogens is 447 g/mol. The van der Waals surface area contributed by atoms with Crippen LogP contribution in [0.4, 0.5) is 5.95 Å². The van der Waals surface area contributed by atoms with E-state index in [2.05, 4.69) is 20.1 Å². The quantitative estimate of drug-likeness (QED) is 0.405. The lowest BCUT2D eigenvalue weighted by Crippen LogP contribution is -2.48. The van der Waals surface area contributed by atoms with Crippen molar-refractivity contribution in [2.75, 3.05) is 26.2 Å². The summed E-state index contributed by atoms with van der Waals surface area (Å²) in [6, 6.07) is 7.21. The molecule has 3 heterocycles. The van der Waals surface area contributed by atoms with Crippen molar-refractivity contribution in [3.8, 4) is 0 Å². The van der Waals surface area contributed by atoms with E-state index in [0.717, 1.165) is 25.2 Å². The molecule has 31 heavy (non-hydrogen) atoms. The lowest BCUT2D eigenvalue weighted by atomic mass is 10.2. The largest absolute Gasteiger partial charge is 0.491 e. The van der Waals surface area contributed by atoms with Crippen molar-refractivity contribution < 1.29 is 9.72 Å². The van der Waals surface area contributed by atoms with Gasteiger partial charge in [0.15, 0.2) is 6.67 Å². The number of carbonyl (C=O) groups is 1. The zero-order valence-corrected chi connectivity index (χ0v) is 17.8. The first-order valence-corrected chi connectivity index (χ1v) is 10.2. The summed E-state index contributed by atoms with van der Waals surface area (Å²) < 4.78 is 2.76. The fraction of sp³-hybridized carbons (Fsp3) is 0.333.